The summed E-state index contributed by atoms with van der Waals surface area (Å²) in [4.78, 5) is 14.4. The molecule has 0 aliphatic carbocycles. The molecule has 168 valence electrons. The minimum Gasteiger partial charge on any atom is -0.492 e. The highest BCUT2D eigenvalue weighted by molar-refractivity contribution is 7.89. The van der Waals surface area contributed by atoms with E-state index in [-0.39, 0.29) is 40.5 Å². The number of halogens is 2. The van der Waals surface area contributed by atoms with Crippen LogP contribution < -0.4 is 4.74 Å². The summed E-state index contributed by atoms with van der Waals surface area (Å²) < 4.78 is 47.4. The van der Waals surface area contributed by atoms with Gasteiger partial charge in [0.1, 0.15) is 16.5 Å². The van der Waals surface area contributed by atoms with Crippen molar-refractivity contribution in [3.05, 3.63) is 58.9 Å². The first-order valence-corrected chi connectivity index (χ1v) is 12.0. The first kappa shape index (κ1) is 23.5. The van der Waals surface area contributed by atoms with Crippen LogP contribution in [0, 0.1) is 11.7 Å². The van der Waals surface area contributed by atoms with Gasteiger partial charge in [-0.1, -0.05) is 29.8 Å². The van der Waals surface area contributed by atoms with Crippen molar-refractivity contribution < 1.29 is 22.3 Å². The summed E-state index contributed by atoms with van der Waals surface area (Å²) in [5.74, 6) is -0.856. The molecular weight excluding hydrogens is 443 g/mol. The van der Waals surface area contributed by atoms with Crippen LogP contribution in [0.15, 0.2) is 47.4 Å². The Morgan fingerprint density at radius 1 is 1.29 bits per heavy atom. The number of carbonyl (C=O) groups is 1. The third kappa shape index (κ3) is 5.37. The maximum atomic E-state index is 13.9. The predicted octanol–water partition coefficient (Wildman–Crippen LogP) is 3.94. The van der Waals surface area contributed by atoms with Crippen molar-refractivity contribution in [2.24, 2.45) is 5.92 Å². The molecule has 1 aliphatic rings. The van der Waals surface area contributed by atoms with Crippen molar-refractivity contribution in [2.75, 3.05) is 26.7 Å². The van der Waals surface area contributed by atoms with Crippen molar-refractivity contribution in [3.8, 4) is 5.75 Å². The average Bonchev–Trinajstić information content (AvgIpc) is 2.76. The molecule has 1 aliphatic heterocycles. The highest BCUT2D eigenvalue weighted by Crippen LogP contribution is 2.32. The summed E-state index contributed by atoms with van der Waals surface area (Å²) >= 11 is 6.04. The summed E-state index contributed by atoms with van der Waals surface area (Å²) in [6.07, 6.45) is 1.12. The Kier molecular flexibility index (Phi) is 7.56. The van der Waals surface area contributed by atoms with Crippen LogP contribution in [-0.2, 0) is 21.4 Å². The van der Waals surface area contributed by atoms with Gasteiger partial charge >= 0.3 is 0 Å². The van der Waals surface area contributed by atoms with E-state index >= 15 is 0 Å². The lowest BCUT2D eigenvalue weighted by Crippen LogP contribution is -2.45. The molecule has 0 N–H and O–H groups in total. The molecule has 0 spiro atoms. The first-order valence-electron chi connectivity index (χ1n) is 10.1. The van der Waals surface area contributed by atoms with Crippen LogP contribution >= 0.6 is 11.6 Å². The van der Waals surface area contributed by atoms with Crippen molar-refractivity contribution in [2.45, 2.75) is 31.2 Å². The van der Waals surface area contributed by atoms with E-state index in [1.807, 2.05) is 0 Å². The van der Waals surface area contributed by atoms with E-state index < -0.39 is 15.9 Å². The van der Waals surface area contributed by atoms with Gasteiger partial charge in [0.25, 0.3) is 0 Å². The van der Waals surface area contributed by atoms with Gasteiger partial charge in [-0.05, 0) is 44.0 Å². The maximum absolute atomic E-state index is 13.9. The van der Waals surface area contributed by atoms with Crippen LogP contribution in [0.3, 0.4) is 0 Å². The van der Waals surface area contributed by atoms with Crippen molar-refractivity contribution >= 4 is 27.5 Å². The van der Waals surface area contributed by atoms with E-state index in [0.717, 1.165) is 0 Å². The summed E-state index contributed by atoms with van der Waals surface area (Å²) in [5.41, 5.74) is 0.416. The Bertz CT molecular complexity index is 1050. The van der Waals surface area contributed by atoms with Crippen molar-refractivity contribution in [1.29, 1.82) is 0 Å². The predicted molar refractivity (Wildman–Crippen MR) is 117 cm³/mol. The molecule has 1 saturated heterocycles. The molecule has 0 saturated carbocycles. The third-order valence-electron chi connectivity index (χ3n) is 5.30. The SMILES string of the molecule is CCOc1ccc(Cl)cc1S(=O)(=O)N1CCC[C@H](C(=O)N(C)Cc2ccccc2F)C1. The molecule has 1 atom stereocenters. The normalized spacial score (nSPS) is 17.4. The van der Waals surface area contributed by atoms with E-state index in [2.05, 4.69) is 0 Å². The average molecular weight is 469 g/mol. The van der Waals surface area contributed by atoms with E-state index in [9.17, 15) is 17.6 Å². The topological polar surface area (TPSA) is 66.9 Å². The van der Waals surface area contributed by atoms with E-state index in [4.69, 9.17) is 16.3 Å². The minimum atomic E-state index is -3.90. The molecule has 1 amide bonds. The Hall–Kier alpha value is -2.16. The summed E-state index contributed by atoms with van der Waals surface area (Å²) in [7, 11) is -2.30. The molecule has 9 heteroatoms. The fourth-order valence-electron chi connectivity index (χ4n) is 3.73. The number of hydrogen-bond acceptors (Lipinski definition) is 4. The van der Waals surface area contributed by atoms with Crippen LogP contribution in [0.5, 0.6) is 5.75 Å². The molecule has 1 fully saturated rings. The summed E-state index contributed by atoms with van der Waals surface area (Å²) in [6, 6.07) is 10.8. The van der Waals surface area contributed by atoms with Gasteiger partial charge in [-0.15, -0.1) is 0 Å². The van der Waals surface area contributed by atoms with E-state index in [1.54, 1.807) is 38.2 Å². The molecule has 2 aromatic carbocycles. The molecule has 0 bridgehead atoms. The lowest BCUT2D eigenvalue weighted by atomic mass is 9.98. The standard InChI is InChI=1S/C22H26ClFN2O4S/c1-3-30-20-11-10-18(23)13-21(20)31(28,29)26-12-6-8-17(15-26)22(27)25(2)14-16-7-4-5-9-19(16)24/h4-5,7,9-11,13,17H,3,6,8,12,14-15H2,1-2H3/t17-/m0/s1. The number of rotatable bonds is 7. The summed E-state index contributed by atoms with van der Waals surface area (Å²) in [5, 5.41) is 0.288. The number of hydrogen-bond donors (Lipinski definition) is 0. The Labute approximate surface area is 187 Å². The quantitative estimate of drug-likeness (QED) is 0.617. The lowest BCUT2D eigenvalue weighted by Gasteiger charge is -2.33. The molecular formula is C22H26ClFN2O4S. The van der Waals surface area contributed by atoms with Crippen LogP contribution in [-0.4, -0.2) is 50.3 Å². The van der Waals surface area contributed by atoms with Crippen molar-refractivity contribution in [3.63, 3.8) is 0 Å². The number of nitrogens with zero attached hydrogens (tertiary/aromatic N) is 2. The third-order valence-corrected chi connectivity index (χ3v) is 7.42. The van der Waals surface area contributed by atoms with E-state index in [0.29, 0.717) is 31.6 Å². The smallest absolute Gasteiger partial charge is 0.246 e. The molecule has 0 aromatic heterocycles. The van der Waals surface area contributed by atoms with Crippen LogP contribution in [0.25, 0.3) is 0 Å². The highest BCUT2D eigenvalue weighted by Gasteiger charge is 2.36. The Morgan fingerprint density at radius 2 is 2.03 bits per heavy atom. The minimum absolute atomic E-state index is 0.00494. The van der Waals surface area contributed by atoms with Crippen LogP contribution in [0.4, 0.5) is 4.39 Å². The maximum Gasteiger partial charge on any atom is 0.246 e. The molecule has 6 nitrogen and oxygen atoms in total. The zero-order chi connectivity index (χ0) is 22.6. The van der Waals surface area contributed by atoms with Gasteiger partial charge in [-0.25, -0.2) is 12.8 Å². The van der Waals surface area contributed by atoms with Crippen molar-refractivity contribution in [1.82, 2.24) is 9.21 Å². The van der Waals surface area contributed by atoms with Gasteiger partial charge < -0.3 is 9.64 Å². The number of sulfonamides is 1. The highest BCUT2D eigenvalue weighted by atomic mass is 35.5. The van der Waals surface area contributed by atoms with Gasteiger partial charge in [-0.2, -0.15) is 4.31 Å². The Morgan fingerprint density at radius 3 is 2.74 bits per heavy atom. The van der Waals surface area contributed by atoms with Gasteiger partial charge in [0.05, 0.1) is 12.5 Å². The van der Waals surface area contributed by atoms with Crippen LogP contribution in [0.1, 0.15) is 25.3 Å². The Balaban J connectivity index is 1.77. The number of piperidine rings is 1. The molecule has 1 heterocycles. The van der Waals surface area contributed by atoms with E-state index in [1.165, 1.54) is 27.4 Å². The summed E-state index contributed by atoms with van der Waals surface area (Å²) in [6.45, 7) is 2.57. The van der Waals surface area contributed by atoms with Gasteiger partial charge in [0, 0.05) is 37.3 Å². The monoisotopic (exact) mass is 468 g/mol. The zero-order valence-electron chi connectivity index (χ0n) is 17.6. The second-order valence-corrected chi connectivity index (χ2v) is 9.85. The molecule has 3 rings (SSSR count). The number of ether oxygens (including phenoxy) is 1. The number of amides is 1. The first-order chi connectivity index (χ1) is 14.7. The lowest BCUT2D eigenvalue weighted by molar-refractivity contribution is -0.135. The fourth-order valence-corrected chi connectivity index (χ4v) is 5.65. The molecule has 2 aromatic rings. The molecule has 0 unspecified atom stereocenters. The number of benzene rings is 2. The fraction of sp³-hybridized carbons (Fsp3) is 0.409. The molecule has 0 radical (unpaired) electrons. The second kappa shape index (κ2) is 9.97. The number of carbonyl (C=O) groups excluding carboxylic acids is 1. The van der Waals surface area contributed by atoms with Gasteiger partial charge in [0.15, 0.2) is 0 Å². The van der Waals surface area contributed by atoms with Gasteiger partial charge in [0.2, 0.25) is 15.9 Å². The molecule has 31 heavy (non-hydrogen) atoms. The van der Waals surface area contributed by atoms with Gasteiger partial charge in [-0.3, -0.25) is 4.79 Å². The largest absolute Gasteiger partial charge is 0.492 e. The second-order valence-electron chi connectivity index (χ2n) is 7.51. The zero-order valence-corrected chi connectivity index (χ0v) is 19.1. The van der Waals surface area contributed by atoms with Crippen LogP contribution in [0.2, 0.25) is 5.02 Å².